The fourth-order valence-corrected chi connectivity index (χ4v) is 1.83. The van der Waals surface area contributed by atoms with Gasteiger partial charge in [0.25, 0.3) is 0 Å². The van der Waals surface area contributed by atoms with E-state index >= 15 is 0 Å². The van der Waals surface area contributed by atoms with Gasteiger partial charge in [0.2, 0.25) is 0 Å². The standard InChI is InChI=1S/C13H9BClF4O.K/c15-12-4-2-1-3-9(12)8-20-10-5-6-11(13(16)7-10)14(17,18)19;/h1-7H,8H2;/q-1;+1. The van der Waals surface area contributed by atoms with Gasteiger partial charge in [0.1, 0.15) is 12.4 Å². The van der Waals surface area contributed by atoms with Crippen LogP contribution in [0.5, 0.6) is 5.75 Å². The Balaban J connectivity index is 0.00000220. The second-order valence-electron chi connectivity index (χ2n) is 4.14. The van der Waals surface area contributed by atoms with Gasteiger partial charge in [-0.3, -0.25) is 0 Å². The maximum atomic E-state index is 13.3. The molecule has 0 spiro atoms. The molecule has 0 aromatic heterocycles. The molecule has 2 aromatic carbocycles. The summed E-state index contributed by atoms with van der Waals surface area (Å²) in [7, 11) is 0. The largest absolute Gasteiger partial charge is 1.00 e. The van der Waals surface area contributed by atoms with Crippen molar-refractivity contribution in [1.82, 2.24) is 0 Å². The zero-order valence-corrected chi connectivity index (χ0v) is 15.0. The summed E-state index contributed by atoms with van der Waals surface area (Å²) in [5, 5.41) is 0.475. The number of hydrogen-bond donors (Lipinski definition) is 0. The minimum atomic E-state index is -5.36. The first kappa shape index (κ1) is 19.0. The van der Waals surface area contributed by atoms with Crippen molar-refractivity contribution in [2.45, 2.75) is 6.61 Å². The summed E-state index contributed by atoms with van der Waals surface area (Å²) in [6, 6.07) is 9.36. The monoisotopic (exact) mass is 342 g/mol. The molecule has 0 saturated heterocycles. The number of halogens is 5. The van der Waals surface area contributed by atoms with Crippen molar-refractivity contribution >= 4 is 24.0 Å². The third kappa shape index (κ3) is 5.26. The van der Waals surface area contributed by atoms with E-state index in [-0.39, 0.29) is 63.7 Å². The molecule has 2 rings (SSSR count). The molecule has 0 bridgehead atoms. The van der Waals surface area contributed by atoms with Crippen LogP contribution in [0.3, 0.4) is 0 Å². The Kier molecular flexibility index (Phi) is 7.23. The molecule has 0 amide bonds. The molecular weight excluding hydrogens is 333 g/mol. The summed E-state index contributed by atoms with van der Waals surface area (Å²) in [5.41, 5.74) is -0.589. The molecule has 0 aliphatic heterocycles. The summed E-state index contributed by atoms with van der Waals surface area (Å²) in [5.74, 6) is -1.32. The van der Waals surface area contributed by atoms with E-state index in [0.29, 0.717) is 16.7 Å². The van der Waals surface area contributed by atoms with Crippen molar-refractivity contribution < 1.29 is 73.5 Å². The van der Waals surface area contributed by atoms with E-state index in [9.17, 15) is 17.3 Å². The second-order valence-corrected chi connectivity index (χ2v) is 4.55. The Morgan fingerprint density at radius 2 is 1.71 bits per heavy atom. The van der Waals surface area contributed by atoms with Crippen LogP contribution in [0.4, 0.5) is 17.3 Å². The smallest absolute Gasteiger partial charge is 0.489 e. The molecule has 21 heavy (non-hydrogen) atoms. The van der Waals surface area contributed by atoms with Crippen molar-refractivity contribution in [3.05, 3.63) is 58.9 Å². The van der Waals surface area contributed by atoms with E-state index < -0.39 is 18.3 Å². The first-order valence-electron chi connectivity index (χ1n) is 5.73. The van der Waals surface area contributed by atoms with Crippen LogP contribution in [-0.4, -0.2) is 6.98 Å². The molecular formula is C13H9BClF4KO. The molecule has 0 atom stereocenters. The average molecular weight is 343 g/mol. The Bertz CT molecular complexity index is 621. The van der Waals surface area contributed by atoms with Gasteiger partial charge in [-0.25, -0.2) is 4.39 Å². The first-order chi connectivity index (χ1) is 9.38. The van der Waals surface area contributed by atoms with Crippen LogP contribution >= 0.6 is 11.6 Å². The molecule has 0 radical (unpaired) electrons. The van der Waals surface area contributed by atoms with E-state index in [4.69, 9.17) is 16.3 Å². The van der Waals surface area contributed by atoms with Crippen LogP contribution in [0.2, 0.25) is 5.02 Å². The van der Waals surface area contributed by atoms with Gasteiger partial charge in [-0.1, -0.05) is 41.3 Å². The van der Waals surface area contributed by atoms with Crippen molar-refractivity contribution in [3.8, 4) is 5.75 Å². The quantitative estimate of drug-likeness (QED) is 0.598. The fourth-order valence-electron chi connectivity index (χ4n) is 1.64. The third-order valence-corrected chi connectivity index (χ3v) is 3.05. The Morgan fingerprint density at radius 1 is 1.05 bits per heavy atom. The predicted octanol–water partition coefficient (Wildman–Crippen LogP) is 1.12. The summed E-state index contributed by atoms with van der Waals surface area (Å²) < 4.78 is 55.9. The van der Waals surface area contributed by atoms with Crippen LogP contribution in [0.1, 0.15) is 5.56 Å². The van der Waals surface area contributed by atoms with E-state index in [1.165, 1.54) is 0 Å². The SMILES string of the molecule is Fc1cc(OCc2ccccc2Cl)ccc1[B-](F)(F)F.[K+]. The van der Waals surface area contributed by atoms with Crippen LogP contribution in [0.15, 0.2) is 42.5 Å². The van der Waals surface area contributed by atoms with E-state index in [1.807, 2.05) is 0 Å². The minimum Gasteiger partial charge on any atom is -0.489 e. The van der Waals surface area contributed by atoms with Gasteiger partial charge >= 0.3 is 58.4 Å². The molecule has 0 heterocycles. The predicted molar refractivity (Wildman–Crippen MR) is 70.9 cm³/mol. The normalized spacial score (nSPS) is 10.9. The molecule has 0 saturated carbocycles. The van der Waals surface area contributed by atoms with Crippen molar-refractivity contribution in [2.24, 2.45) is 0 Å². The molecule has 0 aliphatic rings. The zero-order valence-electron chi connectivity index (χ0n) is 11.1. The summed E-state index contributed by atoms with van der Waals surface area (Å²) in [6.07, 6.45) is 0. The molecule has 0 aliphatic carbocycles. The molecule has 8 heteroatoms. The Hall–Kier alpha value is -0.0487. The number of rotatable bonds is 4. The molecule has 2 aromatic rings. The van der Waals surface area contributed by atoms with Gasteiger partial charge in [0, 0.05) is 16.7 Å². The number of benzene rings is 2. The number of ether oxygens (including phenoxy) is 1. The topological polar surface area (TPSA) is 9.23 Å². The van der Waals surface area contributed by atoms with Gasteiger partial charge in [-0.05, 0) is 12.1 Å². The maximum absolute atomic E-state index is 13.3. The minimum absolute atomic E-state index is 0. The van der Waals surface area contributed by atoms with Gasteiger partial charge in [0.15, 0.2) is 0 Å². The van der Waals surface area contributed by atoms with Crippen LogP contribution in [0, 0.1) is 5.82 Å². The van der Waals surface area contributed by atoms with Crippen molar-refractivity contribution in [1.29, 1.82) is 0 Å². The van der Waals surface area contributed by atoms with E-state index in [0.717, 1.165) is 12.1 Å². The summed E-state index contributed by atoms with van der Waals surface area (Å²) in [4.78, 5) is 0. The molecule has 0 unspecified atom stereocenters. The molecule has 106 valence electrons. The van der Waals surface area contributed by atoms with Gasteiger partial charge in [-0.2, -0.15) is 0 Å². The first-order valence-corrected chi connectivity index (χ1v) is 6.11. The maximum Gasteiger partial charge on any atom is 1.00 e. The second kappa shape index (κ2) is 7.99. The van der Waals surface area contributed by atoms with E-state index in [2.05, 4.69) is 0 Å². The van der Waals surface area contributed by atoms with Crippen molar-refractivity contribution in [2.75, 3.05) is 0 Å². The zero-order chi connectivity index (χ0) is 14.8. The van der Waals surface area contributed by atoms with Gasteiger partial charge < -0.3 is 17.7 Å². The summed E-state index contributed by atoms with van der Waals surface area (Å²) in [6.45, 7) is -5.31. The van der Waals surface area contributed by atoms with Crippen LogP contribution in [0.25, 0.3) is 0 Å². The number of hydrogen-bond acceptors (Lipinski definition) is 1. The average Bonchev–Trinajstić information content (AvgIpc) is 2.36. The molecule has 0 N–H and O–H groups in total. The fraction of sp³-hybridized carbons (Fsp3) is 0.0769. The Morgan fingerprint density at radius 3 is 2.29 bits per heavy atom. The Labute approximate surface area is 167 Å². The van der Waals surface area contributed by atoms with Crippen LogP contribution in [-0.2, 0) is 6.61 Å². The van der Waals surface area contributed by atoms with E-state index in [1.54, 1.807) is 24.3 Å². The van der Waals surface area contributed by atoms with Gasteiger partial charge in [-0.15, -0.1) is 0 Å². The van der Waals surface area contributed by atoms with Crippen LogP contribution < -0.4 is 61.6 Å². The van der Waals surface area contributed by atoms with Crippen molar-refractivity contribution in [3.63, 3.8) is 0 Å². The van der Waals surface area contributed by atoms with Gasteiger partial charge in [0.05, 0.1) is 5.82 Å². The third-order valence-electron chi connectivity index (χ3n) is 2.68. The molecule has 0 fully saturated rings. The summed E-state index contributed by atoms with van der Waals surface area (Å²) >= 11 is 5.91. The molecule has 1 nitrogen and oxygen atoms in total.